The van der Waals surface area contributed by atoms with E-state index in [1.165, 1.54) is 0 Å². The summed E-state index contributed by atoms with van der Waals surface area (Å²) in [5.41, 5.74) is 3.56. The lowest BCUT2D eigenvalue weighted by Crippen LogP contribution is -2.02. The number of hydrogen-bond donors (Lipinski definition) is 1. The number of carboxylic acids is 1. The molecule has 0 bridgehead atoms. The van der Waals surface area contributed by atoms with Gasteiger partial charge in [0.25, 0.3) is 0 Å². The Hall–Kier alpha value is -2.95. The summed E-state index contributed by atoms with van der Waals surface area (Å²) in [7, 11) is 0. The van der Waals surface area contributed by atoms with Gasteiger partial charge < -0.3 is 5.11 Å². The molecule has 0 aliphatic rings. The van der Waals surface area contributed by atoms with E-state index in [-0.39, 0.29) is 5.69 Å². The number of pyridine rings is 1. The van der Waals surface area contributed by atoms with E-state index in [4.69, 9.17) is 0 Å². The van der Waals surface area contributed by atoms with Crippen LogP contribution in [0.5, 0.6) is 0 Å². The van der Waals surface area contributed by atoms with Crippen molar-refractivity contribution in [3.8, 4) is 16.9 Å². The lowest BCUT2D eigenvalue weighted by atomic mass is 10.1. The third-order valence-electron chi connectivity index (χ3n) is 3.18. The zero-order chi connectivity index (χ0) is 14.8. The average Bonchev–Trinajstić information content (AvgIpc) is 2.94. The molecule has 0 radical (unpaired) electrons. The molecule has 0 unspecified atom stereocenters. The van der Waals surface area contributed by atoms with E-state index in [2.05, 4.69) is 10.1 Å². The number of aromatic nitrogens is 3. The highest BCUT2D eigenvalue weighted by atomic mass is 16.4. The number of hydrogen-bond acceptors (Lipinski definition) is 3. The minimum absolute atomic E-state index is 0.0161. The monoisotopic (exact) mass is 279 g/mol. The molecular formula is C16H13N3O2. The fraction of sp³-hybridized carbons (Fsp3) is 0.0625. The number of rotatable bonds is 3. The number of carbonyl (C=O) groups is 1. The minimum atomic E-state index is -1.05. The van der Waals surface area contributed by atoms with Crippen LogP contribution in [0.3, 0.4) is 0 Å². The summed E-state index contributed by atoms with van der Waals surface area (Å²) in [6.07, 6.45) is 3.34. The zero-order valence-electron chi connectivity index (χ0n) is 11.4. The second-order valence-electron chi connectivity index (χ2n) is 4.70. The first kappa shape index (κ1) is 13.1. The van der Waals surface area contributed by atoms with Gasteiger partial charge in [-0.05, 0) is 37.3 Å². The van der Waals surface area contributed by atoms with Crippen LogP contribution in [0.25, 0.3) is 16.9 Å². The Balaban J connectivity index is 2.19. The molecule has 5 nitrogen and oxygen atoms in total. The molecule has 104 valence electrons. The summed E-state index contributed by atoms with van der Waals surface area (Å²) in [6.45, 7) is 2.00. The van der Waals surface area contributed by atoms with Crippen molar-refractivity contribution in [2.75, 3.05) is 0 Å². The molecule has 0 aliphatic heterocycles. The Bertz CT molecular complexity index is 777. The molecule has 0 aliphatic carbocycles. The van der Waals surface area contributed by atoms with Crippen molar-refractivity contribution in [3.05, 3.63) is 66.1 Å². The predicted molar refractivity (Wildman–Crippen MR) is 78.5 cm³/mol. The van der Waals surface area contributed by atoms with Gasteiger partial charge in [-0.1, -0.05) is 17.7 Å². The molecule has 1 N–H and O–H groups in total. The van der Waals surface area contributed by atoms with Crippen molar-refractivity contribution in [2.45, 2.75) is 6.92 Å². The molecule has 0 saturated heterocycles. The maximum absolute atomic E-state index is 11.2. The van der Waals surface area contributed by atoms with Gasteiger partial charge in [-0.25, -0.2) is 9.48 Å². The van der Waals surface area contributed by atoms with Crippen LogP contribution in [0.1, 0.15) is 16.1 Å². The van der Waals surface area contributed by atoms with Crippen LogP contribution >= 0.6 is 0 Å². The van der Waals surface area contributed by atoms with Crippen LogP contribution in [-0.4, -0.2) is 25.8 Å². The lowest BCUT2D eigenvalue weighted by Gasteiger charge is -2.07. The first-order valence-corrected chi connectivity index (χ1v) is 6.46. The fourth-order valence-electron chi connectivity index (χ4n) is 2.10. The summed E-state index contributed by atoms with van der Waals surface area (Å²) in [5, 5.41) is 13.4. The van der Waals surface area contributed by atoms with Gasteiger partial charge in [-0.2, -0.15) is 5.10 Å². The number of carboxylic acid groups (broad SMARTS) is 1. The normalized spacial score (nSPS) is 10.5. The van der Waals surface area contributed by atoms with Crippen molar-refractivity contribution in [2.24, 2.45) is 0 Å². The molecule has 1 aromatic carbocycles. The third-order valence-corrected chi connectivity index (χ3v) is 3.18. The van der Waals surface area contributed by atoms with Crippen LogP contribution in [0.15, 0.2) is 54.9 Å². The summed E-state index contributed by atoms with van der Waals surface area (Å²) >= 11 is 0. The van der Waals surface area contributed by atoms with Crippen LogP contribution in [0.2, 0.25) is 0 Å². The highest BCUT2D eigenvalue weighted by Crippen LogP contribution is 2.23. The van der Waals surface area contributed by atoms with Crippen molar-refractivity contribution in [3.63, 3.8) is 0 Å². The maximum Gasteiger partial charge on any atom is 0.356 e. The standard InChI is InChI=1S/C16H13N3O2/c1-11-2-4-13(5-3-11)19-15(10-14(18-19)16(20)21)12-6-8-17-9-7-12/h2-10H,1H3,(H,20,21). The Morgan fingerprint density at radius 2 is 1.76 bits per heavy atom. The van der Waals surface area contributed by atoms with Crippen LogP contribution in [0.4, 0.5) is 0 Å². The number of nitrogens with zero attached hydrogens (tertiary/aromatic N) is 3. The second-order valence-corrected chi connectivity index (χ2v) is 4.70. The number of aryl methyl sites for hydroxylation is 1. The highest BCUT2D eigenvalue weighted by Gasteiger charge is 2.15. The molecule has 5 heteroatoms. The summed E-state index contributed by atoms with van der Waals surface area (Å²) in [6, 6.07) is 13.0. The van der Waals surface area contributed by atoms with Crippen molar-refractivity contribution in [1.82, 2.24) is 14.8 Å². The summed E-state index contributed by atoms with van der Waals surface area (Å²) in [4.78, 5) is 15.2. The average molecular weight is 279 g/mol. The highest BCUT2D eigenvalue weighted by molar-refractivity contribution is 5.87. The summed E-state index contributed by atoms with van der Waals surface area (Å²) < 4.78 is 1.64. The van der Waals surface area contributed by atoms with E-state index < -0.39 is 5.97 Å². The molecule has 0 spiro atoms. The number of benzene rings is 1. The quantitative estimate of drug-likeness (QED) is 0.800. The van der Waals surface area contributed by atoms with E-state index in [0.29, 0.717) is 0 Å². The van der Waals surface area contributed by atoms with Gasteiger partial charge in [-0.15, -0.1) is 0 Å². The Labute approximate surface area is 121 Å². The van der Waals surface area contributed by atoms with E-state index >= 15 is 0 Å². The van der Waals surface area contributed by atoms with Crippen LogP contribution < -0.4 is 0 Å². The predicted octanol–water partition coefficient (Wildman–Crippen LogP) is 2.94. The molecule has 2 heterocycles. The topological polar surface area (TPSA) is 68.0 Å². The Kier molecular flexibility index (Phi) is 3.23. The van der Waals surface area contributed by atoms with Crippen molar-refractivity contribution < 1.29 is 9.90 Å². The van der Waals surface area contributed by atoms with Gasteiger partial charge in [0.1, 0.15) is 0 Å². The van der Waals surface area contributed by atoms with Crippen LogP contribution in [0, 0.1) is 6.92 Å². The molecule has 0 atom stereocenters. The Morgan fingerprint density at radius 1 is 1.10 bits per heavy atom. The Morgan fingerprint density at radius 3 is 2.38 bits per heavy atom. The minimum Gasteiger partial charge on any atom is -0.476 e. The zero-order valence-corrected chi connectivity index (χ0v) is 11.4. The fourth-order valence-corrected chi connectivity index (χ4v) is 2.10. The van der Waals surface area contributed by atoms with Gasteiger partial charge in [0, 0.05) is 18.0 Å². The first-order chi connectivity index (χ1) is 10.1. The summed E-state index contributed by atoms with van der Waals surface area (Å²) in [5.74, 6) is -1.05. The number of aromatic carboxylic acids is 1. The van der Waals surface area contributed by atoms with Gasteiger partial charge in [0.05, 0.1) is 11.4 Å². The first-order valence-electron chi connectivity index (χ1n) is 6.46. The molecule has 2 aromatic heterocycles. The largest absolute Gasteiger partial charge is 0.476 e. The van der Waals surface area contributed by atoms with Gasteiger partial charge in [-0.3, -0.25) is 4.98 Å². The molecule has 3 rings (SSSR count). The molecular weight excluding hydrogens is 266 g/mol. The third kappa shape index (κ3) is 2.53. The molecule has 0 saturated carbocycles. The van der Waals surface area contributed by atoms with E-state index in [0.717, 1.165) is 22.5 Å². The SMILES string of the molecule is Cc1ccc(-n2nc(C(=O)O)cc2-c2ccncc2)cc1. The second kappa shape index (κ2) is 5.20. The smallest absolute Gasteiger partial charge is 0.356 e. The lowest BCUT2D eigenvalue weighted by molar-refractivity contribution is 0.0690. The van der Waals surface area contributed by atoms with E-state index in [1.54, 1.807) is 23.1 Å². The molecule has 3 aromatic rings. The van der Waals surface area contributed by atoms with Crippen molar-refractivity contribution >= 4 is 5.97 Å². The van der Waals surface area contributed by atoms with Gasteiger partial charge in [0.2, 0.25) is 0 Å². The molecule has 0 fully saturated rings. The maximum atomic E-state index is 11.2. The molecule has 21 heavy (non-hydrogen) atoms. The van der Waals surface area contributed by atoms with Crippen LogP contribution in [-0.2, 0) is 0 Å². The van der Waals surface area contributed by atoms with Gasteiger partial charge in [0.15, 0.2) is 5.69 Å². The van der Waals surface area contributed by atoms with E-state index in [1.807, 2.05) is 43.3 Å². The van der Waals surface area contributed by atoms with Gasteiger partial charge >= 0.3 is 5.97 Å². The molecule has 0 amide bonds. The van der Waals surface area contributed by atoms with E-state index in [9.17, 15) is 9.90 Å². The van der Waals surface area contributed by atoms with Crippen molar-refractivity contribution in [1.29, 1.82) is 0 Å².